The number of carbonyl (C=O) groups excluding carboxylic acids is 3. The van der Waals surface area contributed by atoms with Gasteiger partial charge in [-0.1, -0.05) is 69.2 Å². The number of hydrogen-bond acceptors (Lipinski definition) is 4. The summed E-state index contributed by atoms with van der Waals surface area (Å²) in [4.78, 5) is 48.5. The normalized spacial score (nSPS) is 18.6. The highest BCUT2D eigenvalue weighted by Crippen LogP contribution is 2.45. The minimum absolute atomic E-state index is 0.0339. The molecule has 0 unspecified atom stereocenters. The number of para-hydroxylation sites is 2. The Labute approximate surface area is 252 Å². The molecule has 3 atom stereocenters. The predicted molar refractivity (Wildman–Crippen MR) is 167 cm³/mol. The van der Waals surface area contributed by atoms with Gasteiger partial charge in [0, 0.05) is 29.1 Å². The fourth-order valence-corrected chi connectivity index (χ4v) is 6.50. The molecule has 1 saturated heterocycles. The molecule has 8 heteroatoms. The Kier molecular flexibility index (Phi) is 7.69. The van der Waals surface area contributed by atoms with Crippen LogP contribution in [-0.4, -0.2) is 46.9 Å². The van der Waals surface area contributed by atoms with Crippen molar-refractivity contribution in [1.29, 1.82) is 0 Å². The number of nitrogens with zero attached hydrogens (tertiary/aromatic N) is 2. The third-order valence-corrected chi connectivity index (χ3v) is 8.67. The Morgan fingerprint density at radius 2 is 1.70 bits per heavy atom. The Morgan fingerprint density at radius 1 is 0.977 bits per heavy atom. The second-order valence-electron chi connectivity index (χ2n) is 12.0. The van der Waals surface area contributed by atoms with Crippen molar-refractivity contribution in [2.45, 2.75) is 64.6 Å². The average molecular weight is 579 g/mol. The molecule has 0 radical (unpaired) electrons. The Morgan fingerprint density at radius 3 is 2.44 bits per heavy atom. The van der Waals surface area contributed by atoms with Gasteiger partial charge in [-0.15, -0.1) is 0 Å². The number of imide groups is 1. The molecule has 0 aliphatic carbocycles. The monoisotopic (exact) mass is 578 g/mol. The van der Waals surface area contributed by atoms with Crippen LogP contribution in [0.5, 0.6) is 5.75 Å². The summed E-state index contributed by atoms with van der Waals surface area (Å²) in [6, 6.07) is 20.8. The summed E-state index contributed by atoms with van der Waals surface area (Å²) >= 11 is 0. The lowest BCUT2D eigenvalue weighted by Crippen LogP contribution is -2.44. The summed E-state index contributed by atoms with van der Waals surface area (Å²) in [5, 5.41) is 4.13. The van der Waals surface area contributed by atoms with Crippen LogP contribution in [0.25, 0.3) is 10.9 Å². The van der Waals surface area contributed by atoms with E-state index in [0.29, 0.717) is 29.3 Å². The highest BCUT2D eigenvalue weighted by atomic mass is 16.5. The lowest BCUT2D eigenvalue weighted by Gasteiger charge is -2.36. The Hall–Kier alpha value is -4.59. The van der Waals surface area contributed by atoms with Crippen LogP contribution in [0.2, 0.25) is 0 Å². The van der Waals surface area contributed by atoms with Gasteiger partial charge in [-0.2, -0.15) is 0 Å². The van der Waals surface area contributed by atoms with Crippen molar-refractivity contribution in [2.75, 3.05) is 12.0 Å². The first kappa shape index (κ1) is 28.5. The third kappa shape index (κ3) is 5.15. The molecular weight excluding hydrogens is 540 g/mol. The number of methoxy groups -OCH3 is 1. The number of fused-ring (bicyclic) bond motifs is 4. The van der Waals surface area contributed by atoms with Gasteiger partial charge in [-0.25, -0.2) is 9.69 Å². The van der Waals surface area contributed by atoms with Crippen LogP contribution in [0.15, 0.2) is 72.8 Å². The zero-order valence-corrected chi connectivity index (χ0v) is 25.1. The number of anilines is 1. The molecule has 4 aromatic rings. The van der Waals surface area contributed by atoms with Crippen LogP contribution in [-0.2, 0) is 11.2 Å². The maximum Gasteiger partial charge on any atom is 0.332 e. The molecule has 2 aliphatic rings. The summed E-state index contributed by atoms with van der Waals surface area (Å²) < 4.78 is 5.38. The van der Waals surface area contributed by atoms with Gasteiger partial charge in [-0.3, -0.25) is 14.5 Å². The number of ether oxygens (including phenoxy) is 1. The van der Waals surface area contributed by atoms with Gasteiger partial charge in [-0.05, 0) is 60.7 Å². The van der Waals surface area contributed by atoms with E-state index >= 15 is 0 Å². The van der Waals surface area contributed by atoms with Gasteiger partial charge < -0.3 is 15.0 Å². The molecule has 3 aromatic carbocycles. The molecule has 43 heavy (non-hydrogen) atoms. The van der Waals surface area contributed by atoms with Crippen LogP contribution in [0.3, 0.4) is 0 Å². The first-order chi connectivity index (χ1) is 20.8. The molecule has 4 amide bonds. The van der Waals surface area contributed by atoms with E-state index in [1.54, 1.807) is 36.3 Å². The molecule has 8 nitrogen and oxygen atoms in total. The minimum Gasteiger partial charge on any atom is -0.497 e. The van der Waals surface area contributed by atoms with Gasteiger partial charge in [0.1, 0.15) is 17.8 Å². The molecule has 1 aromatic heterocycles. The van der Waals surface area contributed by atoms with Crippen molar-refractivity contribution in [3.63, 3.8) is 0 Å². The summed E-state index contributed by atoms with van der Waals surface area (Å²) in [5.41, 5.74) is 4.37. The van der Waals surface area contributed by atoms with Crippen molar-refractivity contribution >= 4 is 34.4 Å². The van der Waals surface area contributed by atoms with E-state index in [9.17, 15) is 14.4 Å². The number of aromatic nitrogens is 1. The maximum absolute atomic E-state index is 14.3. The Balaban J connectivity index is 1.36. The SMILES string of the molecule is COc1ccc([C@H]2c3[nH]c4ccccc4c3C[C@H]3C(=O)N(c4ccccc4C(=O)N[C@H](C)CCCC(C)C)C(=O)N23)cc1. The van der Waals surface area contributed by atoms with Crippen molar-refractivity contribution in [1.82, 2.24) is 15.2 Å². The van der Waals surface area contributed by atoms with Crippen molar-refractivity contribution in [3.8, 4) is 5.75 Å². The molecule has 222 valence electrons. The molecule has 6 rings (SSSR count). The second-order valence-corrected chi connectivity index (χ2v) is 12.0. The number of urea groups is 1. The molecular formula is C35H38N4O4. The summed E-state index contributed by atoms with van der Waals surface area (Å²) in [7, 11) is 1.61. The summed E-state index contributed by atoms with van der Waals surface area (Å²) in [6.07, 6.45) is 3.35. The van der Waals surface area contributed by atoms with Crippen LogP contribution >= 0.6 is 0 Å². The molecule has 3 heterocycles. The predicted octanol–water partition coefficient (Wildman–Crippen LogP) is 6.60. The number of carbonyl (C=O) groups is 3. The van der Waals surface area contributed by atoms with Crippen LogP contribution in [0, 0.1) is 5.92 Å². The van der Waals surface area contributed by atoms with Gasteiger partial charge >= 0.3 is 6.03 Å². The summed E-state index contributed by atoms with van der Waals surface area (Å²) in [6.45, 7) is 6.37. The summed E-state index contributed by atoms with van der Waals surface area (Å²) in [5.74, 6) is 0.693. The van der Waals surface area contributed by atoms with E-state index in [-0.39, 0.29) is 17.9 Å². The van der Waals surface area contributed by atoms with E-state index in [1.165, 1.54) is 4.90 Å². The largest absolute Gasteiger partial charge is 0.497 e. The number of benzene rings is 3. The van der Waals surface area contributed by atoms with Gasteiger partial charge in [0.2, 0.25) is 0 Å². The lowest BCUT2D eigenvalue weighted by atomic mass is 9.89. The zero-order valence-electron chi connectivity index (χ0n) is 25.1. The second kappa shape index (κ2) is 11.6. The van der Waals surface area contributed by atoms with E-state index in [4.69, 9.17) is 4.74 Å². The topological polar surface area (TPSA) is 94.7 Å². The number of H-pyrrole nitrogens is 1. The fraction of sp³-hybridized carbons (Fsp3) is 0.343. The Bertz CT molecular complexity index is 1670. The average Bonchev–Trinajstić information content (AvgIpc) is 3.50. The van der Waals surface area contributed by atoms with Gasteiger partial charge in [0.05, 0.1) is 18.4 Å². The molecule has 0 saturated carbocycles. The van der Waals surface area contributed by atoms with Crippen LogP contribution in [0.4, 0.5) is 10.5 Å². The van der Waals surface area contributed by atoms with Crippen LogP contribution < -0.4 is 15.0 Å². The molecule has 2 N–H and O–H groups in total. The number of rotatable bonds is 9. The third-order valence-electron chi connectivity index (χ3n) is 8.67. The fourth-order valence-electron chi connectivity index (χ4n) is 6.50. The smallest absolute Gasteiger partial charge is 0.332 e. The van der Waals surface area contributed by atoms with Crippen molar-refractivity contribution in [2.24, 2.45) is 5.92 Å². The number of aromatic amines is 1. The standard InChI is InChI=1S/C35H38N4O4/c1-21(2)10-9-11-22(3)36-33(40)26-13-6-8-15-29(26)39-34(41)30-20-27-25-12-5-7-14-28(25)37-31(27)32(38(30)35(39)42)23-16-18-24(43-4)19-17-23/h5-8,12-19,21-22,30,32,37H,9-11,20H2,1-4H3,(H,36,40)/t22-,30+,32+/m1/s1. The number of amides is 4. The van der Waals surface area contributed by atoms with Crippen LogP contribution in [0.1, 0.15) is 73.3 Å². The quantitative estimate of drug-likeness (QED) is 0.219. The zero-order chi connectivity index (χ0) is 30.2. The lowest BCUT2D eigenvalue weighted by molar-refractivity contribution is -0.120. The van der Waals surface area contributed by atoms with Gasteiger partial charge in [0.25, 0.3) is 11.8 Å². The maximum atomic E-state index is 14.3. The first-order valence-corrected chi connectivity index (χ1v) is 15.1. The minimum atomic E-state index is -0.711. The molecule has 0 bridgehead atoms. The van der Waals surface area contributed by atoms with Gasteiger partial charge in [0.15, 0.2) is 0 Å². The van der Waals surface area contributed by atoms with E-state index in [2.05, 4.69) is 24.1 Å². The highest BCUT2D eigenvalue weighted by molar-refractivity contribution is 6.24. The van der Waals surface area contributed by atoms with E-state index in [1.807, 2.05) is 55.5 Å². The van der Waals surface area contributed by atoms with Crippen molar-refractivity contribution in [3.05, 3.63) is 95.2 Å². The number of nitrogens with one attached hydrogen (secondary N) is 2. The first-order valence-electron chi connectivity index (χ1n) is 15.1. The van der Waals surface area contributed by atoms with E-state index < -0.39 is 18.1 Å². The molecule has 0 spiro atoms. The molecule has 1 fully saturated rings. The van der Waals surface area contributed by atoms with E-state index in [0.717, 1.165) is 47.0 Å². The highest BCUT2D eigenvalue weighted by Gasteiger charge is 2.53. The van der Waals surface area contributed by atoms with Crippen molar-refractivity contribution < 1.29 is 19.1 Å². The molecule has 2 aliphatic heterocycles. The number of hydrogen-bond donors (Lipinski definition) is 2.